The highest BCUT2D eigenvalue weighted by molar-refractivity contribution is 5.61. The van der Waals surface area contributed by atoms with Gasteiger partial charge in [-0.1, -0.05) is 9.13 Å². The first-order valence-electron chi connectivity index (χ1n) is 8.97. The van der Waals surface area contributed by atoms with Crippen molar-refractivity contribution in [3.63, 3.8) is 0 Å². The molecule has 7 nitrogen and oxygen atoms in total. The van der Waals surface area contributed by atoms with Crippen LogP contribution in [0.4, 0.5) is 13.2 Å². The van der Waals surface area contributed by atoms with Gasteiger partial charge in [-0.15, -0.1) is 9.36 Å². The zero-order valence-electron chi connectivity index (χ0n) is 15.4. The van der Waals surface area contributed by atoms with E-state index in [1.54, 1.807) is 23.3 Å². The molecule has 0 amide bonds. The van der Waals surface area contributed by atoms with Crippen LogP contribution in [0.3, 0.4) is 0 Å². The molecule has 29 heavy (non-hydrogen) atoms. The van der Waals surface area contributed by atoms with Gasteiger partial charge < -0.3 is 0 Å². The molecule has 10 heteroatoms. The van der Waals surface area contributed by atoms with E-state index in [1.807, 2.05) is 46.5 Å². The lowest BCUT2D eigenvalue weighted by atomic mass is 10.1. The number of hydrogen-bond donors (Lipinski definition) is 0. The fourth-order valence-electron chi connectivity index (χ4n) is 4.52. The van der Waals surface area contributed by atoms with E-state index < -0.39 is 17.8 Å². The molecule has 0 radical (unpaired) electrons. The SMILES string of the molecule is Cc1cc2n(n1)C1(n3nc(C(F)(F)F)c(C)c3-c3cncc[n+]31)[n+]1ccccc1-2. The Morgan fingerprint density at radius 1 is 1.00 bits per heavy atom. The second kappa shape index (κ2) is 4.88. The molecule has 2 aliphatic heterocycles. The first-order valence-corrected chi connectivity index (χ1v) is 8.97. The van der Waals surface area contributed by atoms with Crippen molar-refractivity contribution in [2.45, 2.75) is 25.9 Å². The molecule has 1 unspecified atom stereocenters. The predicted molar refractivity (Wildman–Crippen MR) is 92.2 cm³/mol. The smallest absolute Gasteiger partial charge is 0.251 e. The van der Waals surface area contributed by atoms with Crippen LogP contribution in [0, 0.1) is 13.8 Å². The molecule has 0 bridgehead atoms. The van der Waals surface area contributed by atoms with Crippen molar-refractivity contribution in [3.8, 4) is 22.8 Å². The molecule has 0 N–H and O–H groups in total. The summed E-state index contributed by atoms with van der Waals surface area (Å²) in [6.45, 7) is 3.30. The summed E-state index contributed by atoms with van der Waals surface area (Å²) in [5.41, 5.74) is 2.46. The van der Waals surface area contributed by atoms with Gasteiger partial charge in [0, 0.05) is 17.7 Å². The van der Waals surface area contributed by atoms with Gasteiger partial charge in [0.2, 0.25) is 5.69 Å². The quantitative estimate of drug-likeness (QED) is 0.368. The van der Waals surface area contributed by atoms with Crippen LogP contribution >= 0.6 is 0 Å². The highest BCUT2D eigenvalue weighted by Gasteiger charge is 2.70. The van der Waals surface area contributed by atoms with Gasteiger partial charge in [-0.25, -0.2) is 0 Å². The molecule has 1 atom stereocenters. The lowest BCUT2D eigenvalue weighted by Crippen LogP contribution is -2.77. The molecule has 0 saturated carbocycles. The topological polar surface area (TPSA) is 56.3 Å². The summed E-state index contributed by atoms with van der Waals surface area (Å²) < 4.78 is 48.1. The van der Waals surface area contributed by atoms with Crippen LogP contribution in [0.5, 0.6) is 0 Å². The first-order chi connectivity index (χ1) is 13.8. The number of hydrogen-bond acceptors (Lipinski definition) is 3. The van der Waals surface area contributed by atoms with Crippen LogP contribution in [-0.4, -0.2) is 24.5 Å². The number of nitrogens with zero attached hydrogens (tertiary/aromatic N) is 7. The summed E-state index contributed by atoms with van der Waals surface area (Å²) in [6.07, 6.45) is 2.17. The van der Waals surface area contributed by atoms with E-state index in [9.17, 15) is 13.2 Å². The molecule has 0 fully saturated rings. The number of aryl methyl sites for hydroxylation is 1. The molecule has 1 spiro atoms. The zero-order valence-corrected chi connectivity index (χ0v) is 15.4. The average Bonchev–Trinajstić information content (AvgIpc) is 3.37. The first kappa shape index (κ1) is 16.4. The number of fused-ring (bicyclic) bond motifs is 10. The minimum Gasteiger partial charge on any atom is -0.251 e. The van der Waals surface area contributed by atoms with Gasteiger partial charge in [0.05, 0.1) is 11.9 Å². The van der Waals surface area contributed by atoms with Crippen LogP contribution in [0.15, 0.2) is 49.1 Å². The second-order valence-corrected chi connectivity index (χ2v) is 7.20. The predicted octanol–water partition coefficient (Wildman–Crippen LogP) is 1.86. The Morgan fingerprint density at radius 3 is 2.59 bits per heavy atom. The Hall–Kier alpha value is -3.56. The van der Waals surface area contributed by atoms with Crippen molar-refractivity contribution in [3.05, 3.63) is 66.0 Å². The van der Waals surface area contributed by atoms with Crippen LogP contribution in [0.25, 0.3) is 22.8 Å². The number of halogens is 3. The van der Waals surface area contributed by atoms with E-state index in [0.717, 1.165) is 17.1 Å². The Labute approximate surface area is 162 Å². The van der Waals surface area contributed by atoms with Crippen LogP contribution in [0.1, 0.15) is 17.0 Å². The third-order valence-electron chi connectivity index (χ3n) is 5.56. The molecule has 4 aromatic heterocycles. The van der Waals surface area contributed by atoms with Crippen LogP contribution in [0.2, 0.25) is 0 Å². The fraction of sp³-hybridized carbons (Fsp3) is 0.211. The standard InChI is InChI=1S/C19H14F3N7/c1-11-9-14-13-5-3-4-7-26(13)19(28(14)24-11)27-8-6-23-10-15(27)16-12(2)17(18(20,21)22)25-29(16)19/h3-10H,1-2H3/q+2. The number of alkyl halides is 3. The maximum absolute atomic E-state index is 13.7. The monoisotopic (exact) mass is 397 g/mol. The molecular weight excluding hydrogens is 383 g/mol. The molecule has 6 rings (SSSR count). The van der Waals surface area contributed by atoms with Gasteiger partial charge in [0.15, 0.2) is 23.8 Å². The lowest BCUT2D eigenvalue weighted by Gasteiger charge is -2.16. The third-order valence-corrected chi connectivity index (χ3v) is 5.56. The van der Waals surface area contributed by atoms with E-state index in [0.29, 0.717) is 11.4 Å². The summed E-state index contributed by atoms with van der Waals surface area (Å²) in [7, 11) is 0. The Balaban J connectivity index is 1.84. The van der Waals surface area contributed by atoms with E-state index in [1.165, 1.54) is 11.6 Å². The maximum atomic E-state index is 13.7. The van der Waals surface area contributed by atoms with Crippen molar-refractivity contribution in [1.29, 1.82) is 0 Å². The maximum Gasteiger partial charge on any atom is 0.583 e. The van der Waals surface area contributed by atoms with Gasteiger partial charge in [-0.3, -0.25) is 4.98 Å². The van der Waals surface area contributed by atoms with Gasteiger partial charge in [0.25, 0.3) is 5.69 Å². The van der Waals surface area contributed by atoms with Crippen LogP contribution < -0.4 is 9.13 Å². The van der Waals surface area contributed by atoms with E-state index in [4.69, 9.17) is 0 Å². The molecule has 6 heterocycles. The second-order valence-electron chi connectivity index (χ2n) is 7.20. The summed E-state index contributed by atoms with van der Waals surface area (Å²) in [6, 6.07) is 7.56. The third kappa shape index (κ3) is 1.73. The minimum atomic E-state index is -4.57. The number of aromatic nitrogens is 7. The van der Waals surface area contributed by atoms with Gasteiger partial charge in [0.1, 0.15) is 11.9 Å². The minimum absolute atomic E-state index is 0.0616. The fourth-order valence-corrected chi connectivity index (χ4v) is 4.52. The number of pyridine rings is 1. The number of rotatable bonds is 0. The Kier molecular flexibility index (Phi) is 2.76. The van der Waals surface area contributed by atoms with Crippen molar-refractivity contribution in [2.75, 3.05) is 0 Å². The highest BCUT2D eigenvalue weighted by atomic mass is 19.4. The molecule has 144 valence electrons. The Bertz CT molecular complexity index is 1330. The summed E-state index contributed by atoms with van der Waals surface area (Å²) >= 11 is 0. The molecule has 0 aliphatic carbocycles. The summed E-state index contributed by atoms with van der Waals surface area (Å²) in [5, 5.41) is 8.73. The lowest BCUT2D eigenvalue weighted by molar-refractivity contribution is -0.990. The van der Waals surface area contributed by atoms with Crippen molar-refractivity contribution >= 4 is 0 Å². The normalized spacial score (nSPS) is 18.7. The molecule has 0 aromatic carbocycles. The zero-order chi connectivity index (χ0) is 20.1. The molecular formula is C19H14F3N7+2. The average molecular weight is 397 g/mol. The van der Waals surface area contributed by atoms with Crippen molar-refractivity contribution < 1.29 is 22.3 Å². The largest absolute Gasteiger partial charge is 0.583 e. The van der Waals surface area contributed by atoms with E-state index >= 15 is 0 Å². The highest BCUT2D eigenvalue weighted by Crippen LogP contribution is 2.42. The molecule has 0 saturated heterocycles. The van der Waals surface area contributed by atoms with E-state index in [-0.39, 0.29) is 5.56 Å². The van der Waals surface area contributed by atoms with Gasteiger partial charge in [-0.2, -0.15) is 23.4 Å². The Morgan fingerprint density at radius 2 is 1.79 bits per heavy atom. The van der Waals surface area contributed by atoms with Gasteiger partial charge >= 0.3 is 12.1 Å². The van der Waals surface area contributed by atoms with E-state index in [2.05, 4.69) is 15.2 Å². The summed E-state index contributed by atoms with van der Waals surface area (Å²) in [5.74, 6) is -1.28. The molecule has 2 aliphatic rings. The summed E-state index contributed by atoms with van der Waals surface area (Å²) in [4.78, 5) is 4.16. The molecule has 4 aromatic rings. The van der Waals surface area contributed by atoms with Crippen LogP contribution in [-0.2, 0) is 12.1 Å². The van der Waals surface area contributed by atoms with Crippen molar-refractivity contribution in [1.82, 2.24) is 24.5 Å². The van der Waals surface area contributed by atoms with Gasteiger partial charge in [-0.05, 0) is 26.0 Å². The van der Waals surface area contributed by atoms with Crippen molar-refractivity contribution in [2.24, 2.45) is 0 Å².